The van der Waals surface area contributed by atoms with Crippen molar-refractivity contribution in [1.29, 1.82) is 0 Å². The van der Waals surface area contributed by atoms with E-state index in [1.807, 2.05) is 30.3 Å². The van der Waals surface area contributed by atoms with Gasteiger partial charge >= 0.3 is 5.97 Å². The number of cyclic esters (lactones) is 1. The standard InChI is InChI=1S/C17H20O3/c1-12(8-9-13(2)18)16-11-15(17(19)20-16)10-14-6-4-3-5-7-14/h3-7,15-16H,1,8-11H2,2H3. The Hall–Kier alpha value is -1.90. The van der Waals surface area contributed by atoms with Crippen LogP contribution in [0.5, 0.6) is 0 Å². The summed E-state index contributed by atoms with van der Waals surface area (Å²) in [5, 5.41) is 0. The highest BCUT2D eigenvalue weighted by molar-refractivity contribution is 5.76. The second-order valence-electron chi connectivity index (χ2n) is 5.41. The quantitative estimate of drug-likeness (QED) is 0.590. The van der Waals surface area contributed by atoms with Crippen LogP contribution in [0, 0.1) is 5.92 Å². The van der Waals surface area contributed by atoms with Gasteiger partial charge in [-0.05, 0) is 30.9 Å². The van der Waals surface area contributed by atoms with Crippen molar-refractivity contribution in [3.63, 3.8) is 0 Å². The molecule has 1 aliphatic rings. The third-order valence-corrected chi connectivity index (χ3v) is 3.67. The van der Waals surface area contributed by atoms with E-state index in [-0.39, 0.29) is 23.8 Å². The maximum Gasteiger partial charge on any atom is 0.310 e. The summed E-state index contributed by atoms with van der Waals surface area (Å²) in [7, 11) is 0. The third kappa shape index (κ3) is 3.80. The van der Waals surface area contributed by atoms with Crippen molar-refractivity contribution in [3.8, 4) is 0 Å². The first-order chi connectivity index (χ1) is 9.56. The van der Waals surface area contributed by atoms with Gasteiger partial charge in [-0.15, -0.1) is 0 Å². The van der Waals surface area contributed by atoms with Crippen molar-refractivity contribution >= 4 is 11.8 Å². The monoisotopic (exact) mass is 272 g/mol. The number of Topliss-reactive ketones (excluding diaryl/α,β-unsaturated/α-hetero) is 1. The average Bonchev–Trinajstić information content (AvgIpc) is 2.79. The zero-order valence-corrected chi connectivity index (χ0v) is 11.8. The Bertz CT molecular complexity index is 504. The van der Waals surface area contributed by atoms with E-state index in [0.29, 0.717) is 25.7 Å². The van der Waals surface area contributed by atoms with Gasteiger partial charge in [-0.25, -0.2) is 0 Å². The topological polar surface area (TPSA) is 43.4 Å². The van der Waals surface area contributed by atoms with Crippen LogP contribution in [0.3, 0.4) is 0 Å². The molecule has 0 radical (unpaired) electrons. The van der Waals surface area contributed by atoms with Crippen molar-refractivity contribution in [2.24, 2.45) is 5.92 Å². The summed E-state index contributed by atoms with van der Waals surface area (Å²) in [5.74, 6) is -0.115. The molecule has 0 amide bonds. The SMILES string of the molecule is C=C(CCC(C)=O)C1CC(Cc2ccccc2)C(=O)O1. The highest BCUT2D eigenvalue weighted by Crippen LogP contribution is 2.30. The van der Waals surface area contributed by atoms with Crippen LogP contribution in [-0.4, -0.2) is 17.9 Å². The minimum atomic E-state index is -0.226. The first kappa shape index (κ1) is 14.5. The van der Waals surface area contributed by atoms with Crippen molar-refractivity contribution in [2.45, 2.75) is 38.7 Å². The molecule has 106 valence electrons. The molecule has 1 fully saturated rings. The zero-order chi connectivity index (χ0) is 14.5. The predicted octanol–water partition coefficient (Wildman–Crippen LogP) is 3.09. The van der Waals surface area contributed by atoms with Crippen molar-refractivity contribution in [2.75, 3.05) is 0 Å². The molecule has 0 aliphatic carbocycles. The van der Waals surface area contributed by atoms with E-state index in [0.717, 1.165) is 11.1 Å². The summed E-state index contributed by atoms with van der Waals surface area (Å²) in [5.41, 5.74) is 1.99. The predicted molar refractivity (Wildman–Crippen MR) is 77.2 cm³/mol. The maximum atomic E-state index is 11.9. The highest BCUT2D eigenvalue weighted by atomic mass is 16.6. The molecule has 1 saturated heterocycles. The summed E-state index contributed by atoms with van der Waals surface area (Å²) in [6.45, 7) is 5.52. The lowest BCUT2D eigenvalue weighted by Gasteiger charge is -2.11. The van der Waals surface area contributed by atoms with Crippen LogP contribution in [0.2, 0.25) is 0 Å². The Kier molecular flexibility index (Phi) is 4.72. The molecule has 2 unspecified atom stereocenters. The molecule has 20 heavy (non-hydrogen) atoms. The number of hydrogen-bond acceptors (Lipinski definition) is 3. The minimum Gasteiger partial charge on any atom is -0.458 e. The molecule has 3 nitrogen and oxygen atoms in total. The lowest BCUT2D eigenvalue weighted by molar-refractivity contribution is -0.143. The van der Waals surface area contributed by atoms with Crippen LogP contribution < -0.4 is 0 Å². The Balaban J connectivity index is 1.90. The molecule has 0 bridgehead atoms. The summed E-state index contributed by atoms with van der Waals surface area (Å²) < 4.78 is 5.39. The highest BCUT2D eigenvalue weighted by Gasteiger charge is 2.35. The van der Waals surface area contributed by atoms with E-state index in [9.17, 15) is 9.59 Å². The molecule has 1 heterocycles. The first-order valence-electron chi connectivity index (χ1n) is 6.98. The fourth-order valence-electron chi connectivity index (χ4n) is 2.45. The lowest BCUT2D eigenvalue weighted by Crippen LogP contribution is -2.10. The van der Waals surface area contributed by atoms with Crippen LogP contribution >= 0.6 is 0 Å². The molecule has 1 aliphatic heterocycles. The summed E-state index contributed by atoms with van der Waals surface area (Å²) in [4.78, 5) is 22.9. The third-order valence-electron chi connectivity index (χ3n) is 3.67. The molecule has 1 aromatic rings. The fraction of sp³-hybridized carbons (Fsp3) is 0.412. The van der Waals surface area contributed by atoms with E-state index in [2.05, 4.69) is 6.58 Å². The lowest BCUT2D eigenvalue weighted by atomic mass is 9.93. The van der Waals surface area contributed by atoms with E-state index in [1.54, 1.807) is 6.92 Å². The Morgan fingerprint density at radius 1 is 1.30 bits per heavy atom. The molecule has 0 aromatic heterocycles. The van der Waals surface area contributed by atoms with Gasteiger partial charge in [-0.2, -0.15) is 0 Å². The number of ether oxygens (including phenoxy) is 1. The summed E-state index contributed by atoms with van der Waals surface area (Å²) >= 11 is 0. The zero-order valence-electron chi connectivity index (χ0n) is 11.8. The van der Waals surface area contributed by atoms with Crippen LogP contribution in [0.25, 0.3) is 0 Å². The summed E-state index contributed by atoms with van der Waals surface area (Å²) in [6, 6.07) is 9.94. The van der Waals surface area contributed by atoms with Crippen molar-refractivity contribution < 1.29 is 14.3 Å². The van der Waals surface area contributed by atoms with Gasteiger partial charge in [-0.3, -0.25) is 4.79 Å². The number of hydrogen-bond donors (Lipinski definition) is 0. The van der Waals surface area contributed by atoms with E-state index in [1.165, 1.54) is 0 Å². The number of carbonyl (C=O) groups is 2. The van der Waals surface area contributed by atoms with E-state index >= 15 is 0 Å². The van der Waals surface area contributed by atoms with Crippen molar-refractivity contribution in [3.05, 3.63) is 48.0 Å². The smallest absolute Gasteiger partial charge is 0.310 e. The van der Waals surface area contributed by atoms with E-state index in [4.69, 9.17) is 4.74 Å². The maximum absolute atomic E-state index is 11.9. The second-order valence-corrected chi connectivity index (χ2v) is 5.41. The number of rotatable bonds is 6. The minimum absolute atomic E-state index is 0.100. The first-order valence-corrected chi connectivity index (χ1v) is 6.98. The Labute approximate surface area is 119 Å². The number of carbonyl (C=O) groups excluding carboxylic acids is 2. The van der Waals surface area contributed by atoms with Crippen LogP contribution in [0.15, 0.2) is 42.5 Å². The van der Waals surface area contributed by atoms with Gasteiger partial charge < -0.3 is 9.53 Å². The van der Waals surface area contributed by atoms with Crippen LogP contribution in [-0.2, 0) is 20.7 Å². The molecular weight excluding hydrogens is 252 g/mol. The van der Waals surface area contributed by atoms with Gasteiger partial charge in [0.25, 0.3) is 0 Å². The van der Waals surface area contributed by atoms with Crippen LogP contribution in [0.4, 0.5) is 0 Å². The van der Waals surface area contributed by atoms with Gasteiger partial charge in [0.1, 0.15) is 11.9 Å². The van der Waals surface area contributed by atoms with E-state index < -0.39 is 0 Å². The molecule has 0 spiro atoms. The normalized spacial score (nSPS) is 21.6. The number of ketones is 1. The second kappa shape index (κ2) is 6.51. The molecule has 0 saturated carbocycles. The molecule has 2 rings (SSSR count). The van der Waals surface area contributed by atoms with Gasteiger partial charge in [0, 0.05) is 12.8 Å². The molecule has 0 N–H and O–H groups in total. The Morgan fingerprint density at radius 3 is 2.65 bits per heavy atom. The number of esters is 1. The Morgan fingerprint density at radius 2 is 2.00 bits per heavy atom. The largest absolute Gasteiger partial charge is 0.458 e. The van der Waals surface area contributed by atoms with Gasteiger partial charge in [-0.1, -0.05) is 36.9 Å². The van der Waals surface area contributed by atoms with Gasteiger partial charge in [0.05, 0.1) is 5.92 Å². The average molecular weight is 272 g/mol. The molecule has 1 aromatic carbocycles. The molecule has 3 heteroatoms. The molecule has 2 atom stereocenters. The fourth-order valence-corrected chi connectivity index (χ4v) is 2.45. The number of benzene rings is 1. The molecular formula is C17H20O3. The summed E-state index contributed by atoms with van der Waals surface area (Å²) in [6.07, 6.45) is 2.22. The van der Waals surface area contributed by atoms with Crippen molar-refractivity contribution in [1.82, 2.24) is 0 Å². The van der Waals surface area contributed by atoms with Gasteiger partial charge in [0.2, 0.25) is 0 Å². The van der Waals surface area contributed by atoms with Gasteiger partial charge in [0.15, 0.2) is 0 Å². The van der Waals surface area contributed by atoms with Crippen LogP contribution in [0.1, 0.15) is 31.7 Å².